The Morgan fingerprint density at radius 3 is 2.82 bits per heavy atom. The summed E-state index contributed by atoms with van der Waals surface area (Å²) in [6.45, 7) is 5.61. The summed E-state index contributed by atoms with van der Waals surface area (Å²) in [6.07, 6.45) is 8.54. The van der Waals surface area contributed by atoms with E-state index in [2.05, 4.69) is 31.3 Å². The van der Waals surface area contributed by atoms with Crippen LogP contribution in [0.15, 0.2) is 12.2 Å². The Morgan fingerprint density at radius 2 is 2.27 bits per heavy atom. The molecule has 0 amide bonds. The van der Waals surface area contributed by atoms with Crippen molar-refractivity contribution in [2.75, 3.05) is 6.54 Å². The van der Waals surface area contributed by atoms with Crippen LogP contribution < -0.4 is 5.32 Å². The Morgan fingerprint density at radius 1 is 1.45 bits per heavy atom. The summed E-state index contributed by atoms with van der Waals surface area (Å²) in [5.74, 6) is 0.891. The highest BCUT2D eigenvalue weighted by atomic mass is 14.9. The highest BCUT2D eigenvalue weighted by molar-refractivity contribution is 4.90. The third kappa shape index (κ3) is 3.57. The fraction of sp³-hybridized carbons (Fsp3) is 0.800. The van der Waals surface area contributed by atoms with Gasteiger partial charge in [-0.2, -0.15) is 0 Å². The van der Waals surface area contributed by atoms with Gasteiger partial charge in [0.2, 0.25) is 0 Å². The van der Waals surface area contributed by atoms with E-state index in [0.717, 1.165) is 5.92 Å². The molecule has 1 aliphatic carbocycles. The molecule has 1 rings (SSSR count). The lowest BCUT2D eigenvalue weighted by Gasteiger charge is -2.19. The smallest absolute Gasteiger partial charge is 0.00104 e. The fourth-order valence-electron chi connectivity index (χ4n) is 1.44. The van der Waals surface area contributed by atoms with Crippen molar-refractivity contribution in [3.63, 3.8) is 0 Å². The number of hydrogen-bond acceptors (Lipinski definition) is 1. The first-order valence-corrected chi connectivity index (χ1v) is 4.67. The maximum Gasteiger partial charge on any atom is 0.00104 e. The highest BCUT2D eigenvalue weighted by Gasteiger charge is 2.08. The summed E-state index contributed by atoms with van der Waals surface area (Å²) >= 11 is 0. The van der Waals surface area contributed by atoms with Gasteiger partial charge >= 0.3 is 0 Å². The molecular weight excluding hydrogens is 134 g/mol. The van der Waals surface area contributed by atoms with Crippen LogP contribution in [0.3, 0.4) is 0 Å². The topological polar surface area (TPSA) is 12.0 Å². The van der Waals surface area contributed by atoms with Crippen molar-refractivity contribution in [2.24, 2.45) is 5.92 Å². The van der Waals surface area contributed by atoms with Crippen LogP contribution in [0.4, 0.5) is 0 Å². The molecule has 1 atom stereocenters. The van der Waals surface area contributed by atoms with Gasteiger partial charge < -0.3 is 5.32 Å². The van der Waals surface area contributed by atoms with E-state index in [9.17, 15) is 0 Å². The molecule has 0 radical (unpaired) electrons. The molecule has 1 unspecified atom stereocenters. The SMILES string of the molecule is CC(C)NCC1CC=CCC1. The highest BCUT2D eigenvalue weighted by Crippen LogP contribution is 2.16. The second-order valence-corrected chi connectivity index (χ2v) is 3.71. The van der Waals surface area contributed by atoms with Gasteiger partial charge in [0.15, 0.2) is 0 Å². The normalized spacial score (nSPS) is 24.5. The summed E-state index contributed by atoms with van der Waals surface area (Å²) in [7, 11) is 0. The Balaban J connectivity index is 2.11. The molecule has 0 aromatic carbocycles. The second-order valence-electron chi connectivity index (χ2n) is 3.71. The van der Waals surface area contributed by atoms with Crippen molar-refractivity contribution in [2.45, 2.75) is 39.2 Å². The average Bonchev–Trinajstić information content (AvgIpc) is 2.03. The van der Waals surface area contributed by atoms with Crippen LogP contribution >= 0.6 is 0 Å². The molecule has 1 N–H and O–H groups in total. The zero-order valence-electron chi connectivity index (χ0n) is 7.64. The Kier molecular flexibility index (Phi) is 3.64. The lowest BCUT2D eigenvalue weighted by atomic mass is 9.94. The van der Waals surface area contributed by atoms with Crippen molar-refractivity contribution >= 4 is 0 Å². The largest absolute Gasteiger partial charge is 0.314 e. The van der Waals surface area contributed by atoms with E-state index >= 15 is 0 Å². The predicted molar refractivity (Wildman–Crippen MR) is 49.6 cm³/mol. The predicted octanol–water partition coefficient (Wildman–Crippen LogP) is 2.34. The van der Waals surface area contributed by atoms with Crippen molar-refractivity contribution in [3.8, 4) is 0 Å². The zero-order chi connectivity index (χ0) is 8.10. The molecule has 0 fully saturated rings. The summed E-state index contributed by atoms with van der Waals surface area (Å²) < 4.78 is 0. The third-order valence-corrected chi connectivity index (χ3v) is 2.19. The summed E-state index contributed by atoms with van der Waals surface area (Å²) in [5.41, 5.74) is 0. The second kappa shape index (κ2) is 4.55. The molecule has 1 aliphatic rings. The van der Waals surface area contributed by atoms with Crippen molar-refractivity contribution < 1.29 is 0 Å². The van der Waals surface area contributed by atoms with Crippen LogP contribution in [0.2, 0.25) is 0 Å². The molecule has 1 nitrogen and oxygen atoms in total. The molecule has 0 saturated carbocycles. The molecule has 11 heavy (non-hydrogen) atoms. The van der Waals surface area contributed by atoms with Gasteiger partial charge in [-0.05, 0) is 31.7 Å². The minimum atomic E-state index is 0.640. The van der Waals surface area contributed by atoms with Gasteiger partial charge in [0, 0.05) is 6.04 Å². The molecule has 0 heterocycles. The van der Waals surface area contributed by atoms with Crippen molar-refractivity contribution in [1.29, 1.82) is 0 Å². The number of hydrogen-bond donors (Lipinski definition) is 1. The fourth-order valence-corrected chi connectivity index (χ4v) is 1.44. The molecule has 0 aromatic heterocycles. The lowest BCUT2D eigenvalue weighted by molar-refractivity contribution is 0.420. The first-order chi connectivity index (χ1) is 5.29. The van der Waals surface area contributed by atoms with Gasteiger partial charge in [-0.3, -0.25) is 0 Å². The third-order valence-electron chi connectivity index (χ3n) is 2.19. The van der Waals surface area contributed by atoms with Crippen LogP contribution in [-0.4, -0.2) is 12.6 Å². The van der Waals surface area contributed by atoms with E-state index in [4.69, 9.17) is 0 Å². The number of rotatable bonds is 3. The maximum atomic E-state index is 3.48. The average molecular weight is 153 g/mol. The molecule has 1 heteroatoms. The molecule has 0 spiro atoms. The number of nitrogens with one attached hydrogen (secondary N) is 1. The van der Waals surface area contributed by atoms with Gasteiger partial charge in [0.05, 0.1) is 0 Å². The molecule has 0 saturated heterocycles. The summed E-state index contributed by atoms with van der Waals surface area (Å²) in [5, 5.41) is 3.48. The van der Waals surface area contributed by atoms with Gasteiger partial charge in [-0.25, -0.2) is 0 Å². The van der Waals surface area contributed by atoms with E-state index < -0.39 is 0 Å². The van der Waals surface area contributed by atoms with Gasteiger partial charge in [0.25, 0.3) is 0 Å². The molecule has 64 valence electrons. The van der Waals surface area contributed by atoms with Crippen LogP contribution in [0.5, 0.6) is 0 Å². The first kappa shape index (κ1) is 8.79. The van der Waals surface area contributed by atoms with Crippen LogP contribution in [-0.2, 0) is 0 Å². The molecule has 0 aliphatic heterocycles. The summed E-state index contributed by atoms with van der Waals surface area (Å²) in [4.78, 5) is 0. The van der Waals surface area contributed by atoms with Crippen molar-refractivity contribution in [3.05, 3.63) is 12.2 Å². The van der Waals surface area contributed by atoms with Gasteiger partial charge in [0.1, 0.15) is 0 Å². The maximum absolute atomic E-state index is 3.48. The zero-order valence-corrected chi connectivity index (χ0v) is 7.64. The van der Waals surface area contributed by atoms with Crippen LogP contribution in [0, 0.1) is 5.92 Å². The molecular formula is C10H19N. The Bertz CT molecular complexity index is 127. The minimum absolute atomic E-state index is 0.640. The van der Waals surface area contributed by atoms with Gasteiger partial charge in [-0.1, -0.05) is 26.0 Å². The summed E-state index contributed by atoms with van der Waals surface area (Å²) in [6, 6.07) is 0.640. The van der Waals surface area contributed by atoms with E-state index in [1.807, 2.05) is 0 Å². The monoisotopic (exact) mass is 153 g/mol. The molecule has 0 bridgehead atoms. The Hall–Kier alpha value is -0.300. The van der Waals surface area contributed by atoms with E-state index in [0.29, 0.717) is 6.04 Å². The quantitative estimate of drug-likeness (QED) is 0.614. The lowest BCUT2D eigenvalue weighted by Crippen LogP contribution is -2.29. The first-order valence-electron chi connectivity index (χ1n) is 4.67. The minimum Gasteiger partial charge on any atom is -0.314 e. The van der Waals surface area contributed by atoms with E-state index in [-0.39, 0.29) is 0 Å². The molecule has 0 aromatic rings. The van der Waals surface area contributed by atoms with Crippen LogP contribution in [0.25, 0.3) is 0 Å². The Labute approximate surface area is 69.9 Å². The van der Waals surface area contributed by atoms with E-state index in [1.165, 1.54) is 25.8 Å². The van der Waals surface area contributed by atoms with Gasteiger partial charge in [-0.15, -0.1) is 0 Å². The number of allylic oxidation sites excluding steroid dienone is 2. The van der Waals surface area contributed by atoms with E-state index in [1.54, 1.807) is 0 Å². The van der Waals surface area contributed by atoms with Crippen molar-refractivity contribution in [1.82, 2.24) is 5.32 Å². The standard InChI is InChI=1S/C10H19N/c1-9(2)11-8-10-6-4-3-5-7-10/h3-4,9-11H,5-8H2,1-2H3. The van der Waals surface area contributed by atoms with Crippen LogP contribution in [0.1, 0.15) is 33.1 Å².